The largest absolute Gasteiger partial charge is 0.497 e. The van der Waals surface area contributed by atoms with Crippen LogP contribution >= 0.6 is 0 Å². The van der Waals surface area contributed by atoms with Crippen LogP contribution in [0.1, 0.15) is 10.4 Å². The molecule has 1 saturated heterocycles. The molecule has 1 aliphatic rings. The highest BCUT2D eigenvalue weighted by atomic mass is 16.5. The maximum absolute atomic E-state index is 12.3. The fraction of sp³-hybridized carbons (Fsp3) is 0.500. The molecule has 1 amide bonds. The number of ether oxygens (including phenoxy) is 1. The van der Waals surface area contributed by atoms with Crippen LogP contribution in [0.15, 0.2) is 24.3 Å². The predicted octanol–water partition coefficient (Wildman–Crippen LogP) is 0.445. The first kappa shape index (κ1) is 13.8. The number of hydrogen-bond acceptors (Lipinski definition) is 4. The van der Waals surface area contributed by atoms with E-state index in [0.717, 1.165) is 18.8 Å². The lowest BCUT2D eigenvalue weighted by Gasteiger charge is -2.34. The zero-order chi connectivity index (χ0) is 13.7. The Labute approximate surface area is 113 Å². The number of hydrogen-bond donors (Lipinski definition) is 1. The Bertz CT molecular complexity index is 411. The zero-order valence-electron chi connectivity index (χ0n) is 11.2. The van der Waals surface area contributed by atoms with Gasteiger partial charge in [-0.15, -0.1) is 0 Å². The SMILES string of the molecule is COc1ccc(C(=O)N2CCN(CCO)CC2)cc1. The van der Waals surface area contributed by atoms with E-state index in [0.29, 0.717) is 25.2 Å². The fourth-order valence-corrected chi connectivity index (χ4v) is 2.23. The Morgan fingerprint density at radius 2 is 1.84 bits per heavy atom. The number of benzene rings is 1. The van der Waals surface area contributed by atoms with Crippen molar-refractivity contribution in [1.29, 1.82) is 0 Å². The van der Waals surface area contributed by atoms with Crippen LogP contribution in [0, 0.1) is 0 Å². The summed E-state index contributed by atoms with van der Waals surface area (Å²) >= 11 is 0. The van der Waals surface area contributed by atoms with Crippen molar-refractivity contribution in [1.82, 2.24) is 9.80 Å². The van der Waals surface area contributed by atoms with Crippen molar-refractivity contribution >= 4 is 5.91 Å². The highest BCUT2D eigenvalue weighted by Crippen LogP contribution is 2.14. The maximum Gasteiger partial charge on any atom is 0.253 e. The smallest absolute Gasteiger partial charge is 0.253 e. The van der Waals surface area contributed by atoms with Crippen LogP contribution in [0.5, 0.6) is 5.75 Å². The second-order valence-corrected chi connectivity index (χ2v) is 4.59. The number of β-amino-alcohol motifs (C(OH)–C–C–N with tert-alkyl or cyclic N) is 1. The van der Waals surface area contributed by atoms with Crippen LogP contribution in [-0.4, -0.2) is 67.3 Å². The molecule has 5 heteroatoms. The molecule has 0 saturated carbocycles. The summed E-state index contributed by atoms with van der Waals surface area (Å²) in [4.78, 5) is 16.3. The van der Waals surface area contributed by atoms with Crippen LogP contribution in [0.2, 0.25) is 0 Å². The third kappa shape index (κ3) is 3.45. The van der Waals surface area contributed by atoms with Gasteiger partial charge in [0.2, 0.25) is 0 Å². The van der Waals surface area contributed by atoms with Crippen molar-refractivity contribution < 1.29 is 14.6 Å². The molecule has 0 aromatic heterocycles. The molecule has 104 valence electrons. The molecule has 1 aromatic rings. The number of amides is 1. The minimum Gasteiger partial charge on any atom is -0.497 e. The number of aliphatic hydroxyl groups is 1. The van der Waals surface area contributed by atoms with Gasteiger partial charge in [0.1, 0.15) is 5.75 Å². The van der Waals surface area contributed by atoms with Crippen LogP contribution in [0.25, 0.3) is 0 Å². The minimum atomic E-state index is 0.0614. The van der Waals surface area contributed by atoms with Crippen LogP contribution in [-0.2, 0) is 0 Å². The first-order valence-corrected chi connectivity index (χ1v) is 6.51. The Hall–Kier alpha value is -1.59. The number of aliphatic hydroxyl groups excluding tert-OH is 1. The molecule has 1 fully saturated rings. The Balaban J connectivity index is 1.93. The predicted molar refractivity (Wildman–Crippen MR) is 72.4 cm³/mol. The fourth-order valence-electron chi connectivity index (χ4n) is 2.23. The quantitative estimate of drug-likeness (QED) is 0.857. The van der Waals surface area contributed by atoms with Gasteiger partial charge in [-0.2, -0.15) is 0 Å². The molecule has 19 heavy (non-hydrogen) atoms. The van der Waals surface area contributed by atoms with Gasteiger partial charge in [-0.3, -0.25) is 9.69 Å². The van der Waals surface area contributed by atoms with Crippen LogP contribution < -0.4 is 4.74 Å². The van der Waals surface area contributed by atoms with Gasteiger partial charge in [0, 0.05) is 38.3 Å². The number of nitrogens with zero attached hydrogens (tertiary/aromatic N) is 2. The molecule has 0 spiro atoms. The van der Waals surface area contributed by atoms with Crippen molar-refractivity contribution in [2.75, 3.05) is 46.4 Å². The van der Waals surface area contributed by atoms with E-state index in [1.807, 2.05) is 4.90 Å². The summed E-state index contributed by atoms with van der Waals surface area (Å²) in [5, 5.41) is 8.89. The Morgan fingerprint density at radius 1 is 1.21 bits per heavy atom. The summed E-state index contributed by atoms with van der Waals surface area (Å²) in [6.45, 7) is 3.93. The number of piperazine rings is 1. The van der Waals surface area contributed by atoms with Crippen LogP contribution in [0.3, 0.4) is 0 Å². The van der Waals surface area contributed by atoms with Crippen molar-refractivity contribution in [3.8, 4) is 5.75 Å². The van der Waals surface area contributed by atoms with Crippen molar-refractivity contribution in [3.63, 3.8) is 0 Å². The average molecular weight is 264 g/mol. The Kier molecular flexibility index (Phi) is 4.76. The lowest BCUT2D eigenvalue weighted by Crippen LogP contribution is -2.49. The highest BCUT2D eigenvalue weighted by molar-refractivity contribution is 5.94. The molecule has 5 nitrogen and oxygen atoms in total. The number of carbonyl (C=O) groups is 1. The van der Waals surface area contributed by atoms with Gasteiger partial charge in [-0.05, 0) is 24.3 Å². The van der Waals surface area contributed by atoms with Crippen molar-refractivity contribution in [2.24, 2.45) is 0 Å². The molecular formula is C14H20N2O3. The summed E-state index contributed by atoms with van der Waals surface area (Å²) < 4.78 is 5.08. The minimum absolute atomic E-state index is 0.0614. The van der Waals surface area contributed by atoms with E-state index in [1.54, 1.807) is 31.4 Å². The number of rotatable bonds is 4. The normalized spacial score (nSPS) is 16.4. The molecule has 1 aromatic carbocycles. The summed E-state index contributed by atoms with van der Waals surface area (Å²) in [5.74, 6) is 0.815. The third-order valence-corrected chi connectivity index (χ3v) is 3.41. The lowest BCUT2D eigenvalue weighted by molar-refractivity contribution is 0.0615. The van der Waals surface area contributed by atoms with E-state index in [2.05, 4.69) is 4.90 Å². The molecule has 0 radical (unpaired) electrons. The highest BCUT2D eigenvalue weighted by Gasteiger charge is 2.21. The topological polar surface area (TPSA) is 53.0 Å². The number of carbonyl (C=O) groups excluding carboxylic acids is 1. The van der Waals surface area contributed by atoms with E-state index in [9.17, 15) is 4.79 Å². The molecule has 0 atom stereocenters. The van der Waals surface area contributed by atoms with E-state index in [-0.39, 0.29) is 12.5 Å². The summed E-state index contributed by atoms with van der Waals surface area (Å²) in [7, 11) is 1.61. The average Bonchev–Trinajstić information content (AvgIpc) is 2.48. The van der Waals surface area contributed by atoms with Gasteiger partial charge >= 0.3 is 0 Å². The second kappa shape index (κ2) is 6.54. The van der Waals surface area contributed by atoms with Gasteiger partial charge < -0.3 is 14.7 Å². The third-order valence-electron chi connectivity index (χ3n) is 3.41. The lowest BCUT2D eigenvalue weighted by atomic mass is 10.1. The molecule has 0 bridgehead atoms. The van der Waals surface area contributed by atoms with Gasteiger partial charge in [-0.25, -0.2) is 0 Å². The van der Waals surface area contributed by atoms with Gasteiger partial charge in [0.15, 0.2) is 0 Å². The molecule has 1 heterocycles. The van der Waals surface area contributed by atoms with E-state index in [4.69, 9.17) is 9.84 Å². The summed E-state index contributed by atoms with van der Waals surface area (Å²) in [5.41, 5.74) is 0.691. The molecule has 0 unspecified atom stereocenters. The summed E-state index contributed by atoms with van der Waals surface area (Å²) in [6.07, 6.45) is 0. The van der Waals surface area contributed by atoms with Gasteiger partial charge in [0.25, 0.3) is 5.91 Å². The number of methoxy groups -OCH3 is 1. The first-order valence-electron chi connectivity index (χ1n) is 6.51. The summed E-state index contributed by atoms with van der Waals surface area (Å²) in [6, 6.07) is 7.19. The van der Waals surface area contributed by atoms with Gasteiger partial charge in [-0.1, -0.05) is 0 Å². The van der Waals surface area contributed by atoms with Crippen LogP contribution in [0.4, 0.5) is 0 Å². The van der Waals surface area contributed by atoms with Gasteiger partial charge in [0.05, 0.1) is 13.7 Å². The maximum atomic E-state index is 12.3. The zero-order valence-corrected chi connectivity index (χ0v) is 11.2. The van der Waals surface area contributed by atoms with E-state index in [1.165, 1.54) is 0 Å². The standard InChI is InChI=1S/C14H20N2O3/c1-19-13-4-2-12(3-5-13)14(18)16-8-6-15(7-9-16)10-11-17/h2-5,17H,6-11H2,1H3. The first-order chi connectivity index (χ1) is 9.24. The van der Waals surface area contributed by atoms with Crippen molar-refractivity contribution in [2.45, 2.75) is 0 Å². The van der Waals surface area contributed by atoms with E-state index < -0.39 is 0 Å². The monoisotopic (exact) mass is 264 g/mol. The molecule has 1 N–H and O–H groups in total. The second-order valence-electron chi connectivity index (χ2n) is 4.59. The molecule has 2 rings (SSSR count). The van der Waals surface area contributed by atoms with Crippen molar-refractivity contribution in [3.05, 3.63) is 29.8 Å². The molecule has 1 aliphatic heterocycles. The molecular weight excluding hydrogens is 244 g/mol. The Morgan fingerprint density at radius 3 is 2.37 bits per heavy atom. The van der Waals surface area contributed by atoms with E-state index >= 15 is 0 Å². The molecule has 0 aliphatic carbocycles.